The number of ether oxygens (including phenoxy) is 1. The highest BCUT2D eigenvalue weighted by molar-refractivity contribution is 7.92. The average Bonchev–Trinajstić information content (AvgIpc) is 3.23. The standard InChI is InChI=1S/C25H29ClN2O4S2/c1-17-22(25(29)32-12-11-28(2)15-18-10-13-33-16-18)23(19-7-3-4-8-20(19)26)24-21(27-17)9-5-6-14-34(24,30)31/h3-4,7-8,10,13,16,23-24H,5-6,9,11-12,14-15H2,1-2H3. The highest BCUT2D eigenvalue weighted by Gasteiger charge is 2.46. The van der Waals surface area contributed by atoms with E-state index in [9.17, 15) is 13.2 Å². The van der Waals surface area contributed by atoms with Gasteiger partial charge in [0.05, 0.1) is 11.3 Å². The minimum atomic E-state index is -3.53. The van der Waals surface area contributed by atoms with E-state index in [1.165, 1.54) is 5.56 Å². The number of halogens is 1. The number of carbonyl (C=O) groups is 1. The normalized spacial score (nSPS) is 22.2. The van der Waals surface area contributed by atoms with Crippen molar-refractivity contribution >= 4 is 44.5 Å². The molecular weight excluding hydrogens is 492 g/mol. The van der Waals surface area contributed by atoms with Crippen LogP contribution in [0.3, 0.4) is 0 Å². The zero-order chi connectivity index (χ0) is 24.3. The minimum Gasteiger partial charge on any atom is -0.461 e. The van der Waals surface area contributed by atoms with Crippen LogP contribution in [0.5, 0.6) is 0 Å². The van der Waals surface area contributed by atoms with Gasteiger partial charge in [0.15, 0.2) is 9.84 Å². The summed E-state index contributed by atoms with van der Waals surface area (Å²) in [5, 5.41) is 3.66. The molecule has 4 rings (SSSR count). The van der Waals surface area contributed by atoms with Crippen LogP contribution in [-0.4, -0.2) is 56.2 Å². The van der Waals surface area contributed by atoms with E-state index in [0.29, 0.717) is 41.4 Å². The van der Waals surface area contributed by atoms with E-state index in [1.807, 2.05) is 18.5 Å². The molecule has 2 aromatic rings. The van der Waals surface area contributed by atoms with Gasteiger partial charge in [-0.3, -0.25) is 9.89 Å². The molecule has 0 saturated carbocycles. The number of likely N-dealkylation sites (N-methyl/N-ethyl adjacent to an activating group) is 1. The Morgan fingerprint density at radius 2 is 2.06 bits per heavy atom. The number of allylic oxidation sites excluding steroid dienone is 1. The summed E-state index contributed by atoms with van der Waals surface area (Å²) < 4.78 is 32.4. The summed E-state index contributed by atoms with van der Waals surface area (Å²) in [7, 11) is -1.56. The van der Waals surface area contributed by atoms with Crippen molar-refractivity contribution in [2.45, 2.75) is 43.9 Å². The van der Waals surface area contributed by atoms with Gasteiger partial charge in [-0.1, -0.05) is 29.8 Å². The average molecular weight is 521 g/mol. The maximum Gasteiger partial charge on any atom is 0.336 e. The van der Waals surface area contributed by atoms with Crippen LogP contribution < -0.4 is 0 Å². The molecule has 1 aromatic heterocycles. The number of nitrogens with zero attached hydrogens (tertiary/aromatic N) is 2. The number of sulfone groups is 1. The Labute approximate surface area is 210 Å². The molecule has 0 amide bonds. The lowest BCUT2D eigenvalue weighted by Gasteiger charge is -2.33. The molecule has 9 heteroatoms. The molecule has 2 atom stereocenters. The van der Waals surface area contributed by atoms with Crippen molar-refractivity contribution in [2.75, 3.05) is 26.0 Å². The van der Waals surface area contributed by atoms with Gasteiger partial charge in [-0.25, -0.2) is 13.2 Å². The Morgan fingerprint density at radius 1 is 1.26 bits per heavy atom. The van der Waals surface area contributed by atoms with Crippen molar-refractivity contribution in [1.82, 2.24) is 4.90 Å². The molecule has 0 bridgehead atoms. The third-order valence-corrected chi connectivity index (χ3v) is 9.59. The van der Waals surface area contributed by atoms with Gasteiger partial charge in [-0.05, 0) is 67.3 Å². The van der Waals surface area contributed by atoms with Gasteiger partial charge in [-0.15, -0.1) is 0 Å². The first kappa shape index (κ1) is 25.1. The first-order chi connectivity index (χ1) is 16.3. The van der Waals surface area contributed by atoms with Gasteiger partial charge in [0, 0.05) is 35.4 Å². The lowest BCUT2D eigenvalue weighted by atomic mass is 9.82. The van der Waals surface area contributed by atoms with E-state index in [-0.39, 0.29) is 17.9 Å². The number of hydrogen-bond donors (Lipinski definition) is 0. The molecule has 1 saturated heterocycles. The number of hydrogen-bond acceptors (Lipinski definition) is 7. The molecule has 2 aliphatic rings. The van der Waals surface area contributed by atoms with E-state index in [4.69, 9.17) is 16.3 Å². The van der Waals surface area contributed by atoms with Crippen LogP contribution in [0.1, 0.15) is 43.2 Å². The second-order valence-corrected chi connectivity index (χ2v) is 12.3. The summed E-state index contributed by atoms with van der Waals surface area (Å²) >= 11 is 8.19. The van der Waals surface area contributed by atoms with Crippen molar-refractivity contribution < 1.29 is 17.9 Å². The van der Waals surface area contributed by atoms with E-state index in [2.05, 4.69) is 21.3 Å². The zero-order valence-electron chi connectivity index (χ0n) is 19.4. The van der Waals surface area contributed by atoms with E-state index >= 15 is 0 Å². The number of benzene rings is 1. The monoisotopic (exact) mass is 520 g/mol. The van der Waals surface area contributed by atoms with Gasteiger partial charge in [0.25, 0.3) is 0 Å². The fourth-order valence-electron chi connectivity index (χ4n) is 4.72. The molecule has 34 heavy (non-hydrogen) atoms. The van der Waals surface area contributed by atoms with Crippen LogP contribution >= 0.6 is 22.9 Å². The number of esters is 1. The first-order valence-electron chi connectivity index (χ1n) is 11.4. The number of thiophene rings is 1. The molecule has 0 aliphatic carbocycles. The quantitative estimate of drug-likeness (QED) is 0.487. The van der Waals surface area contributed by atoms with Crippen LogP contribution in [0, 0.1) is 0 Å². The third kappa shape index (κ3) is 5.46. The van der Waals surface area contributed by atoms with Crippen molar-refractivity contribution in [3.63, 3.8) is 0 Å². The fraction of sp³-hybridized carbons (Fsp3) is 0.440. The van der Waals surface area contributed by atoms with E-state index in [0.717, 1.165) is 13.0 Å². The van der Waals surface area contributed by atoms with Crippen molar-refractivity contribution in [3.8, 4) is 0 Å². The molecule has 3 heterocycles. The van der Waals surface area contributed by atoms with Crippen molar-refractivity contribution in [2.24, 2.45) is 4.99 Å². The molecule has 0 N–H and O–H groups in total. The lowest BCUT2D eigenvalue weighted by molar-refractivity contribution is -0.139. The predicted octanol–water partition coefficient (Wildman–Crippen LogP) is 4.86. The lowest BCUT2D eigenvalue weighted by Crippen LogP contribution is -2.41. The fourth-order valence-corrected chi connectivity index (χ4v) is 7.78. The van der Waals surface area contributed by atoms with Gasteiger partial charge < -0.3 is 4.74 Å². The van der Waals surface area contributed by atoms with Gasteiger partial charge >= 0.3 is 5.97 Å². The molecule has 0 spiro atoms. The van der Waals surface area contributed by atoms with Crippen LogP contribution in [-0.2, 0) is 25.9 Å². The molecule has 6 nitrogen and oxygen atoms in total. The SMILES string of the molecule is CC1=C(C(=O)OCCN(C)Cc2ccsc2)C(c2ccccc2Cl)C2C(=N1)CCCCS2(=O)=O. The Balaban J connectivity index is 1.61. The molecular formula is C25H29ClN2O4S2. The van der Waals surface area contributed by atoms with Crippen LogP contribution in [0.4, 0.5) is 0 Å². The summed E-state index contributed by atoms with van der Waals surface area (Å²) in [4.78, 5) is 20.1. The Hall–Kier alpha value is -2.00. The molecule has 1 aromatic carbocycles. The summed E-state index contributed by atoms with van der Waals surface area (Å²) in [5.41, 5.74) is 3.24. The number of rotatable bonds is 7. The minimum absolute atomic E-state index is 0.0758. The summed E-state index contributed by atoms with van der Waals surface area (Å²) in [6.07, 6.45) is 1.94. The second-order valence-electron chi connectivity index (χ2n) is 8.85. The molecule has 0 radical (unpaired) electrons. The summed E-state index contributed by atoms with van der Waals surface area (Å²) in [5.74, 6) is -1.19. The van der Waals surface area contributed by atoms with Crippen molar-refractivity contribution in [3.05, 3.63) is 68.5 Å². The van der Waals surface area contributed by atoms with Crippen LogP contribution in [0.2, 0.25) is 5.02 Å². The number of carbonyl (C=O) groups excluding carboxylic acids is 1. The predicted molar refractivity (Wildman–Crippen MR) is 137 cm³/mol. The number of aliphatic imine (C=N–C) groups is 1. The maximum atomic E-state index is 13.4. The van der Waals surface area contributed by atoms with Gasteiger partial charge in [0.1, 0.15) is 11.9 Å². The molecule has 1 fully saturated rings. The van der Waals surface area contributed by atoms with E-state index in [1.54, 1.807) is 36.5 Å². The smallest absolute Gasteiger partial charge is 0.336 e. The zero-order valence-corrected chi connectivity index (χ0v) is 21.8. The largest absolute Gasteiger partial charge is 0.461 e. The molecule has 2 unspecified atom stereocenters. The van der Waals surface area contributed by atoms with Crippen molar-refractivity contribution in [1.29, 1.82) is 0 Å². The molecule has 2 aliphatic heterocycles. The Kier molecular flexibility index (Phi) is 7.92. The highest BCUT2D eigenvalue weighted by atomic mass is 35.5. The maximum absolute atomic E-state index is 13.4. The molecule has 182 valence electrons. The topological polar surface area (TPSA) is 76.0 Å². The Bertz CT molecular complexity index is 1210. The van der Waals surface area contributed by atoms with Gasteiger partial charge in [-0.2, -0.15) is 11.3 Å². The van der Waals surface area contributed by atoms with Crippen LogP contribution in [0.15, 0.2) is 57.4 Å². The summed E-state index contributed by atoms with van der Waals surface area (Å²) in [6, 6.07) is 9.20. The van der Waals surface area contributed by atoms with Crippen LogP contribution in [0.25, 0.3) is 0 Å². The summed E-state index contributed by atoms with van der Waals surface area (Å²) in [6.45, 7) is 3.27. The van der Waals surface area contributed by atoms with E-state index < -0.39 is 27.0 Å². The second kappa shape index (κ2) is 10.7. The third-order valence-electron chi connectivity index (χ3n) is 6.34. The highest BCUT2D eigenvalue weighted by Crippen LogP contribution is 2.43. The van der Waals surface area contributed by atoms with Gasteiger partial charge in [0.2, 0.25) is 0 Å². The first-order valence-corrected chi connectivity index (χ1v) is 14.4. The number of fused-ring (bicyclic) bond motifs is 1. The Morgan fingerprint density at radius 3 is 2.79 bits per heavy atom.